The second-order valence-electron chi connectivity index (χ2n) is 9.32. The minimum absolute atomic E-state index is 0.195. The second-order valence-corrected chi connectivity index (χ2v) is 9.32. The van der Waals surface area contributed by atoms with Crippen LogP contribution in [0.3, 0.4) is 0 Å². The molecule has 1 aliphatic carbocycles. The van der Waals surface area contributed by atoms with Gasteiger partial charge in [-0.25, -0.2) is 4.79 Å². The maximum atomic E-state index is 12.1. The molecule has 1 aromatic carbocycles. The highest BCUT2D eigenvalue weighted by Crippen LogP contribution is 2.50. The molecule has 1 amide bonds. The molecule has 5 heteroatoms. The van der Waals surface area contributed by atoms with Crippen molar-refractivity contribution in [3.63, 3.8) is 0 Å². The number of hydrogen-bond donors (Lipinski definition) is 0. The molecule has 1 saturated heterocycles. The molecule has 4 rings (SSSR count). The Morgan fingerprint density at radius 3 is 2.50 bits per heavy atom. The van der Waals surface area contributed by atoms with Crippen LogP contribution in [0.15, 0.2) is 54.4 Å². The molecule has 0 aromatic heterocycles. The fraction of sp³-hybridized carbons (Fsp3) is 0.522. The van der Waals surface area contributed by atoms with Crippen LogP contribution in [0, 0.1) is 5.41 Å². The van der Waals surface area contributed by atoms with Crippen molar-refractivity contribution >= 4 is 6.09 Å². The normalized spacial score (nSPS) is 21.0. The number of benzene rings is 1. The van der Waals surface area contributed by atoms with E-state index in [0.29, 0.717) is 0 Å². The molecular weight excluding hydrogens is 352 g/mol. The highest BCUT2D eigenvalue weighted by molar-refractivity contribution is 5.69. The van der Waals surface area contributed by atoms with E-state index in [9.17, 15) is 4.79 Å². The maximum absolute atomic E-state index is 12.1. The summed E-state index contributed by atoms with van der Waals surface area (Å²) in [4.78, 5) is 16.2. The summed E-state index contributed by atoms with van der Waals surface area (Å²) in [6.07, 6.45) is 8.43. The van der Waals surface area contributed by atoms with Crippen LogP contribution in [0.4, 0.5) is 4.79 Å². The van der Waals surface area contributed by atoms with Crippen LogP contribution < -0.4 is 0 Å². The van der Waals surface area contributed by atoms with E-state index in [4.69, 9.17) is 9.47 Å². The van der Waals surface area contributed by atoms with E-state index in [-0.39, 0.29) is 17.6 Å². The zero-order chi connectivity index (χ0) is 19.8. The lowest BCUT2D eigenvalue weighted by atomic mass is 9.62. The second kappa shape index (κ2) is 7.19. The van der Waals surface area contributed by atoms with Gasteiger partial charge >= 0.3 is 6.09 Å². The van der Waals surface area contributed by atoms with E-state index in [1.54, 1.807) is 0 Å². The van der Waals surface area contributed by atoms with Gasteiger partial charge in [0.25, 0.3) is 0 Å². The van der Waals surface area contributed by atoms with Gasteiger partial charge in [-0.15, -0.1) is 0 Å². The molecule has 150 valence electrons. The van der Waals surface area contributed by atoms with Crippen LogP contribution in [0.1, 0.15) is 39.2 Å². The van der Waals surface area contributed by atoms with Gasteiger partial charge in [-0.3, -0.25) is 0 Å². The third kappa shape index (κ3) is 4.34. The Kier molecular flexibility index (Phi) is 4.86. The Balaban J connectivity index is 1.17. The molecule has 2 aliphatic heterocycles. The smallest absolute Gasteiger partial charge is 0.410 e. The predicted molar refractivity (Wildman–Crippen MR) is 108 cm³/mol. The molecule has 5 nitrogen and oxygen atoms in total. The largest absolute Gasteiger partial charge is 0.491 e. The molecule has 0 N–H and O–H groups in total. The van der Waals surface area contributed by atoms with Crippen molar-refractivity contribution < 1.29 is 14.3 Å². The first-order chi connectivity index (χ1) is 13.3. The minimum atomic E-state index is -0.431. The fourth-order valence-corrected chi connectivity index (χ4v) is 4.20. The van der Waals surface area contributed by atoms with Crippen molar-refractivity contribution in [1.82, 2.24) is 9.80 Å². The van der Waals surface area contributed by atoms with Gasteiger partial charge in [0.15, 0.2) is 0 Å². The van der Waals surface area contributed by atoms with Crippen molar-refractivity contribution in [1.29, 1.82) is 0 Å². The summed E-state index contributed by atoms with van der Waals surface area (Å²) in [5.41, 5.74) is 1.13. The summed E-state index contributed by atoms with van der Waals surface area (Å²) < 4.78 is 11.6. The van der Waals surface area contributed by atoms with E-state index in [2.05, 4.69) is 47.5 Å². The Morgan fingerprint density at radius 2 is 1.89 bits per heavy atom. The van der Waals surface area contributed by atoms with Gasteiger partial charge in [0, 0.05) is 37.8 Å². The number of amides is 1. The molecule has 1 spiro atoms. The van der Waals surface area contributed by atoms with E-state index in [1.807, 2.05) is 31.7 Å². The lowest BCUT2D eigenvalue weighted by Gasteiger charge is -2.58. The average Bonchev–Trinajstić information content (AvgIpc) is 2.56. The van der Waals surface area contributed by atoms with Gasteiger partial charge in [0.05, 0.1) is 0 Å². The van der Waals surface area contributed by atoms with Crippen LogP contribution >= 0.6 is 0 Å². The monoisotopic (exact) mass is 382 g/mol. The lowest BCUT2D eigenvalue weighted by Crippen LogP contribution is -2.65. The summed E-state index contributed by atoms with van der Waals surface area (Å²) in [6, 6.07) is 10.5. The third-order valence-electron chi connectivity index (χ3n) is 5.53. The van der Waals surface area contributed by atoms with Crippen molar-refractivity contribution in [2.45, 2.75) is 51.9 Å². The summed E-state index contributed by atoms with van der Waals surface area (Å²) >= 11 is 0. The molecule has 2 fully saturated rings. The average molecular weight is 383 g/mol. The first kappa shape index (κ1) is 18.9. The number of allylic oxidation sites excluding steroid dienone is 1. The van der Waals surface area contributed by atoms with Gasteiger partial charge in [-0.2, -0.15) is 0 Å². The molecule has 0 unspecified atom stereocenters. The molecule has 28 heavy (non-hydrogen) atoms. The highest BCUT2D eigenvalue weighted by atomic mass is 16.6. The van der Waals surface area contributed by atoms with E-state index in [0.717, 1.165) is 44.8 Å². The Morgan fingerprint density at radius 1 is 1.18 bits per heavy atom. The van der Waals surface area contributed by atoms with Gasteiger partial charge in [-0.05, 0) is 51.3 Å². The summed E-state index contributed by atoms with van der Waals surface area (Å²) in [7, 11) is 0. The zero-order valence-corrected chi connectivity index (χ0v) is 17.1. The van der Waals surface area contributed by atoms with Crippen molar-refractivity contribution in [3.05, 3.63) is 60.0 Å². The third-order valence-corrected chi connectivity index (χ3v) is 5.53. The highest BCUT2D eigenvalue weighted by Gasteiger charge is 2.55. The van der Waals surface area contributed by atoms with Crippen molar-refractivity contribution in [2.24, 2.45) is 5.41 Å². The molecule has 0 radical (unpaired) electrons. The number of carbonyl (C=O) groups is 1. The first-order valence-electron chi connectivity index (χ1n) is 10.1. The van der Waals surface area contributed by atoms with Gasteiger partial charge < -0.3 is 19.3 Å². The molecule has 0 atom stereocenters. The topological polar surface area (TPSA) is 42.0 Å². The van der Waals surface area contributed by atoms with Gasteiger partial charge in [0.1, 0.15) is 17.5 Å². The standard InChI is InChI=1S/C23H30N2O3/c1-22(2,3)28-21(26)25-16-23(17-25)13-20(14-23)27-19-9-11-24(12-10-19)15-18-7-5-4-6-8-18/h4-11,20H,12-17H2,1-3H3. The Hall–Kier alpha value is -2.43. The van der Waals surface area contributed by atoms with E-state index >= 15 is 0 Å². The number of nitrogens with zero attached hydrogens (tertiary/aromatic N) is 2. The number of hydrogen-bond acceptors (Lipinski definition) is 4. The van der Waals surface area contributed by atoms with Crippen LogP contribution in [0.2, 0.25) is 0 Å². The van der Waals surface area contributed by atoms with Crippen LogP contribution in [-0.2, 0) is 16.0 Å². The molecular formula is C23H30N2O3. The van der Waals surface area contributed by atoms with Gasteiger partial charge in [0.2, 0.25) is 0 Å². The maximum Gasteiger partial charge on any atom is 0.410 e. The first-order valence-corrected chi connectivity index (χ1v) is 10.1. The number of rotatable bonds is 4. The predicted octanol–water partition coefficient (Wildman–Crippen LogP) is 4.32. The Labute approximate surface area is 167 Å². The van der Waals surface area contributed by atoms with Gasteiger partial charge in [-0.1, -0.05) is 30.3 Å². The van der Waals surface area contributed by atoms with E-state index < -0.39 is 5.60 Å². The zero-order valence-electron chi connectivity index (χ0n) is 17.1. The Bertz CT molecular complexity index is 765. The minimum Gasteiger partial charge on any atom is -0.491 e. The molecule has 3 aliphatic rings. The SMILES string of the molecule is CC(C)(C)OC(=O)N1CC2(CC(OC3=CCN(Cc4ccccc4)C=C3)C2)C1. The van der Waals surface area contributed by atoms with Crippen molar-refractivity contribution in [3.8, 4) is 0 Å². The number of carbonyl (C=O) groups excluding carboxylic acids is 1. The molecule has 1 aromatic rings. The molecule has 0 bridgehead atoms. The summed E-state index contributed by atoms with van der Waals surface area (Å²) in [6.45, 7) is 9.07. The van der Waals surface area contributed by atoms with E-state index in [1.165, 1.54) is 5.56 Å². The fourth-order valence-electron chi connectivity index (χ4n) is 4.20. The molecule has 2 heterocycles. The van der Waals surface area contributed by atoms with Crippen LogP contribution in [0.25, 0.3) is 0 Å². The van der Waals surface area contributed by atoms with Crippen LogP contribution in [0.5, 0.6) is 0 Å². The van der Waals surface area contributed by atoms with Crippen molar-refractivity contribution in [2.75, 3.05) is 19.6 Å². The molecule has 1 saturated carbocycles. The quantitative estimate of drug-likeness (QED) is 0.778. The van der Waals surface area contributed by atoms with Crippen LogP contribution in [-0.4, -0.2) is 47.2 Å². The number of ether oxygens (including phenoxy) is 2. The summed E-state index contributed by atoms with van der Waals surface area (Å²) in [5, 5.41) is 0. The summed E-state index contributed by atoms with van der Waals surface area (Å²) in [5.74, 6) is 0.965. The number of likely N-dealkylation sites (tertiary alicyclic amines) is 1. The lowest BCUT2D eigenvalue weighted by molar-refractivity contribution is -0.131.